The van der Waals surface area contributed by atoms with Gasteiger partial charge in [-0.15, -0.1) is 0 Å². The van der Waals surface area contributed by atoms with Crippen molar-refractivity contribution in [1.82, 2.24) is 15.3 Å². The summed E-state index contributed by atoms with van der Waals surface area (Å²) in [5, 5.41) is 3.08. The van der Waals surface area contributed by atoms with Crippen LogP contribution >= 0.6 is 0 Å². The van der Waals surface area contributed by atoms with Gasteiger partial charge in [0, 0.05) is 17.7 Å². The third-order valence-corrected chi connectivity index (χ3v) is 4.40. The lowest BCUT2D eigenvalue weighted by molar-refractivity contribution is -0.122. The molecule has 1 heterocycles. The van der Waals surface area contributed by atoms with E-state index in [1.807, 2.05) is 24.3 Å². The molecule has 0 saturated carbocycles. The standard InChI is InChI=1S/C20H27N3O3/c1-12(2)19(15-6-8-16(26-5)9-7-15)23-18(24)11-10-17-13(3)21-14(4)22-20(17)25/h6-9,12,19H,10-11H2,1-5H3,(H,23,24)(H,21,22,25). The van der Waals surface area contributed by atoms with Gasteiger partial charge in [-0.3, -0.25) is 9.59 Å². The predicted octanol–water partition coefficient (Wildman–Crippen LogP) is 2.84. The molecule has 1 unspecified atom stereocenters. The molecule has 0 fully saturated rings. The normalized spacial score (nSPS) is 12.1. The summed E-state index contributed by atoms with van der Waals surface area (Å²) < 4.78 is 5.18. The maximum absolute atomic E-state index is 12.4. The average molecular weight is 357 g/mol. The van der Waals surface area contributed by atoms with Crippen LogP contribution in [0.4, 0.5) is 0 Å². The number of nitrogens with zero attached hydrogens (tertiary/aromatic N) is 1. The molecule has 0 saturated heterocycles. The van der Waals surface area contributed by atoms with E-state index < -0.39 is 0 Å². The highest BCUT2D eigenvalue weighted by Crippen LogP contribution is 2.24. The van der Waals surface area contributed by atoms with Crippen molar-refractivity contribution in [2.24, 2.45) is 5.92 Å². The molecule has 0 bridgehead atoms. The zero-order valence-electron chi connectivity index (χ0n) is 16.1. The SMILES string of the molecule is COc1ccc(C(NC(=O)CCc2c(C)nc(C)[nH]c2=O)C(C)C)cc1. The van der Waals surface area contributed by atoms with Gasteiger partial charge in [-0.25, -0.2) is 4.98 Å². The number of rotatable bonds is 7. The van der Waals surface area contributed by atoms with Gasteiger partial charge >= 0.3 is 0 Å². The Morgan fingerprint density at radius 1 is 1.23 bits per heavy atom. The Labute approximate surface area is 154 Å². The third kappa shape index (κ3) is 4.94. The van der Waals surface area contributed by atoms with Crippen molar-refractivity contribution in [3.8, 4) is 5.75 Å². The van der Waals surface area contributed by atoms with Crippen molar-refractivity contribution in [3.63, 3.8) is 0 Å². The smallest absolute Gasteiger partial charge is 0.254 e. The second kappa shape index (κ2) is 8.65. The van der Waals surface area contributed by atoms with Crippen molar-refractivity contribution >= 4 is 5.91 Å². The van der Waals surface area contributed by atoms with Gasteiger partial charge in [-0.1, -0.05) is 26.0 Å². The number of nitrogens with one attached hydrogen (secondary N) is 2. The zero-order valence-corrected chi connectivity index (χ0v) is 16.1. The van der Waals surface area contributed by atoms with Gasteiger partial charge in [-0.05, 0) is 43.9 Å². The Hall–Kier alpha value is -2.63. The van der Waals surface area contributed by atoms with Crippen LogP contribution in [0, 0.1) is 19.8 Å². The molecule has 2 N–H and O–H groups in total. The number of ether oxygens (including phenoxy) is 1. The number of aromatic amines is 1. The summed E-state index contributed by atoms with van der Waals surface area (Å²) in [7, 11) is 1.63. The van der Waals surface area contributed by atoms with E-state index in [2.05, 4.69) is 29.1 Å². The number of hydrogen-bond acceptors (Lipinski definition) is 4. The Morgan fingerprint density at radius 3 is 2.42 bits per heavy atom. The number of methoxy groups -OCH3 is 1. The van der Waals surface area contributed by atoms with Crippen LogP contribution in [0.15, 0.2) is 29.1 Å². The summed E-state index contributed by atoms with van der Waals surface area (Å²) in [6, 6.07) is 7.60. The van der Waals surface area contributed by atoms with Crippen LogP contribution in [-0.4, -0.2) is 23.0 Å². The second-order valence-electron chi connectivity index (χ2n) is 6.78. The first kappa shape index (κ1) is 19.7. The Morgan fingerprint density at radius 2 is 1.88 bits per heavy atom. The largest absolute Gasteiger partial charge is 0.497 e. The molecule has 6 heteroatoms. The topological polar surface area (TPSA) is 84.1 Å². The number of aryl methyl sites for hydroxylation is 2. The summed E-state index contributed by atoms with van der Waals surface area (Å²) in [4.78, 5) is 31.5. The van der Waals surface area contributed by atoms with E-state index in [0.717, 1.165) is 11.3 Å². The lowest BCUT2D eigenvalue weighted by atomic mass is 9.95. The first-order valence-corrected chi connectivity index (χ1v) is 8.81. The summed E-state index contributed by atoms with van der Waals surface area (Å²) in [6.07, 6.45) is 0.613. The minimum absolute atomic E-state index is 0.0844. The fourth-order valence-corrected chi connectivity index (χ4v) is 2.98. The highest BCUT2D eigenvalue weighted by molar-refractivity contribution is 5.76. The van der Waals surface area contributed by atoms with Crippen LogP contribution in [0.25, 0.3) is 0 Å². The number of aromatic nitrogens is 2. The molecule has 26 heavy (non-hydrogen) atoms. The first-order valence-electron chi connectivity index (χ1n) is 8.81. The van der Waals surface area contributed by atoms with Crippen LogP contribution in [0.2, 0.25) is 0 Å². The fraction of sp³-hybridized carbons (Fsp3) is 0.450. The van der Waals surface area contributed by atoms with Gasteiger partial charge in [0.15, 0.2) is 0 Å². The van der Waals surface area contributed by atoms with Gasteiger partial charge in [-0.2, -0.15) is 0 Å². The molecule has 0 aliphatic rings. The minimum atomic E-state index is -0.168. The second-order valence-corrected chi connectivity index (χ2v) is 6.78. The van der Waals surface area contributed by atoms with E-state index >= 15 is 0 Å². The molecule has 0 aliphatic carbocycles. The summed E-state index contributed by atoms with van der Waals surface area (Å²) in [5.41, 5.74) is 2.10. The molecule has 2 aromatic rings. The summed E-state index contributed by atoms with van der Waals surface area (Å²) >= 11 is 0. The highest BCUT2D eigenvalue weighted by Gasteiger charge is 2.19. The first-order chi connectivity index (χ1) is 12.3. The lowest BCUT2D eigenvalue weighted by Gasteiger charge is -2.23. The van der Waals surface area contributed by atoms with Crippen molar-refractivity contribution in [3.05, 3.63) is 57.3 Å². The molecule has 1 amide bonds. The molecule has 0 spiro atoms. The van der Waals surface area contributed by atoms with Crippen molar-refractivity contribution in [2.75, 3.05) is 7.11 Å². The monoisotopic (exact) mass is 357 g/mol. The molecule has 140 valence electrons. The van der Waals surface area contributed by atoms with Crippen molar-refractivity contribution < 1.29 is 9.53 Å². The van der Waals surface area contributed by atoms with E-state index in [4.69, 9.17) is 4.74 Å². The molecule has 1 atom stereocenters. The van der Waals surface area contributed by atoms with Gasteiger partial charge in [0.1, 0.15) is 11.6 Å². The summed E-state index contributed by atoms with van der Waals surface area (Å²) in [5.74, 6) is 1.52. The number of amides is 1. The average Bonchev–Trinajstić information content (AvgIpc) is 2.58. The molecule has 0 aliphatic heterocycles. The van der Waals surface area contributed by atoms with Crippen molar-refractivity contribution in [2.45, 2.75) is 46.6 Å². The molecule has 2 rings (SSSR count). The lowest BCUT2D eigenvalue weighted by Crippen LogP contribution is -2.32. The molecule has 0 radical (unpaired) electrons. The van der Waals surface area contributed by atoms with E-state index in [0.29, 0.717) is 23.5 Å². The number of carbonyl (C=O) groups is 1. The van der Waals surface area contributed by atoms with Gasteiger partial charge in [0.25, 0.3) is 5.56 Å². The van der Waals surface area contributed by atoms with E-state index in [9.17, 15) is 9.59 Å². The van der Waals surface area contributed by atoms with E-state index in [1.165, 1.54) is 0 Å². The summed E-state index contributed by atoms with van der Waals surface area (Å²) in [6.45, 7) is 7.67. The molecular weight excluding hydrogens is 330 g/mol. The minimum Gasteiger partial charge on any atom is -0.497 e. The number of carbonyl (C=O) groups excluding carboxylic acids is 1. The molecule has 6 nitrogen and oxygen atoms in total. The van der Waals surface area contributed by atoms with Gasteiger partial charge in [0.05, 0.1) is 13.2 Å². The highest BCUT2D eigenvalue weighted by atomic mass is 16.5. The van der Waals surface area contributed by atoms with Crippen molar-refractivity contribution in [1.29, 1.82) is 0 Å². The quantitative estimate of drug-likeness (QED) is 0.798. The van der Waals surface area contributed by atoms with Crippen LogP contribution in [0.1, 0.15) is 49.0 Å². The Balaban J connectivity index is 2.05. The van der Waals surface area contributed by atoms with E-state index in [1.54, 1.807) is 21.0 Å². The fourth-order valence-electron chi connectivity index (χ4n) is 2.98. The van der Waals surface area contributed by atoms with Crippen LogP contribution in [0.3, 0.4) is 0 Å². The molecular formula is C20H27N3O3. The maximum atomic E-state index is 12.4. The van der Waals surface area contributed by atoms with Crippen LogP contribution in [0.5, 0.6) is 5.75 Å². The van der Waals surface area contributed by atoms with E-state index in [-0.39, 0.29) is 29.8 Å². The number of hydrogen-bond donors (Lipinski definition) is 2. The third-order valence-electron chi connectivity index (χ3n) is 4.40. The Bertz CT molecular complexity index is 810. The predicted molar refractivity (Wildman–Crippen MR) is 101 cm³/mol. The molecule has 1 aromatic carbocycles. The number of H-pyrrole nitrogens is 1. The van der Waals surface area contributed by atoms with Crippen LogP contribution in [-0.2, 0) is 11.2 Å². The number of benzene rings is 1. The molecule has 1 aromatic heterocycles. The Kier molecular flexibility index (Phi) is 6.55. The zero-order chi connectivity index (χ0) is 19.3. The maximum Gasteiger partial charge on any atom is 0.254 e. The van der Waals surface area contributed by atoms with Crippen LogP contribution < -0.4 is 15.6 Å². The van der Waals surface area contributed by atoms with Gasteiger partial charge in [0.2, 0.25) is 5.91 Å². The van der Waals surface area contributed by atoms with Gasteiger partial charge < -0.3 is 15.0 Å².